The van der Waals surface area contributed by atoms with Gasteiger partial charge in [0.15, 0.2) is 11.5 Å². The van der Waals surface area contributed by atoms with Crippen LogP contribution in [0.25, 0.3) is 27.9 Å². The number of para-hydroxylation sites is 1. The molecule has 1 aliphatic heterocycles. The van der Waals surface area contributed by atoms with Gasteiger partial charge in [-0.15, -0.1) is 5.10 Å². The SMILES string of the molecule is O=C1NCCCC[C@H]1Nc1nc2c(C(F)(F)F)cccc2c2nc(-c3ccc(Cl)cc3)nn12. The molecule has 1 saturated heterocycles. The molecule has 0 saturated carbocycles. The molecule has 7 nitrogen and oxygen atoms in total. The zero-order valence-corrected chi connectivity index (χ0v) is 17.9. The number of amides is 1. The van der Waals surface area contributed by atoms with Crippen LogP contribution in [0.2, 0.25) is 5.02 Å². The van der Waals surface area contributed by atoms with Crippen molar-refractivity contribution in [1.82, 2.24) is 24.9 Å². The van der Waals surface area contributed by atoms with Gasteiger partial charge >= 0.3 is 6.18 Å². The average Bonchev–Trinajstić information content (AvgIpc) is 3.13. The third kappa shape index (κ3) is 4.06. The second-order valence-electron chi connectivity index (χ2n) is 7.80. The van der Waals surface area contributed by atoms with Gasteiger partial charge in [0.1, 0.15) is 6.04 Å². The van der Waals surface area contributed by atoms with Crippen molar-refractivity contribution < 1.29 is 18.0 Å². The van der Waals surface area contributed by atoms with Gasteiger partial charge in [-0.25, -0.2) is 9.97 Å². The van der Waals surface area contributed by atoms with E-state index in [-0.39, 0.29) is 28.4 Å². The number of carbonyl (C=O) groups excluding carboxylic acids is 1. The zero-order chi connectivity index (χ0) is 23.2. The van der Waals surface area contributed by atoms with E-state index >= 15 is 0 Å². The lowest BCUT2D eigenvalue weighted by Gasteiger charge is -2.17. The molecule has 1 aliphatic rings. The highest BCUT2D eigenvalue weighted by Crippen LogP contribution is 2.36. The summed E-state index contributed by atoms with van der Waals surface area (Å²) >= 11 is 5.97. The third-order valence-electron chi connectivity index (χ3n) is 5.55. The first kappa shape index (κ1) is 21.4. The number of benzene rings is 2. The number of halogens is 4. The van der Waals surface area contributed by atoms with Crippen molar-refractivity contribution >= 4 is 40.0 Å². The minimum Gasteiger partial charge on any atom is -0.354 e. The van der Waals surface area contributed by atoms with E-state index in [0.717, 1.165) is 18.9 Å². The smallest absolute Gasteiger partial charge is 0.354 e. The molecule has 0 unspecified atom stereocenters. The molecule has 11 heteroatoms. The summed E-state index contributed by atoms with van der Waals surface area (Å²) in [5.41, 5.74) is -0.301. The van der Waals surface area contributed by atoms with Crippen molar-refractivity contribution in [3.63, 3.8) is 0 Å². The van der Waals surface area contributed by atoms with Crippen LogP contribution in [-0.4, -0.2) is 38.1 Å². The van der Waals surface area contributed by atoms with Gasteiger partial charge in [0, 0.05) is 22.5 Å². The quantitative estimate of drug-likeness (QED) is 0.450. The molecule has 1 atom stereocenters. The fraction of sp³-hybridized carbons (Fsp3) is 0.273. The van der Waals surface area contributed by atoms with Gasteiger partial charge in [-0.1, -0.05) is 17.7 Å². The maximum Gasteiger partial charge on any atom is 0.418 e. The minimum atomic E-state index is -4.61. The Bertz CT molecular complexity index is 1350. The van der Waals surface area contributed by atoms with Crippen LogP contribution in [-0.2, 0) is 11.0 Å². The van der Waals surface area contributed by atoms with Crippen molar-refractivity contribution in [3.05, 3.63) is 53.1 Å². The first-order valence-corrected chi connectivity index (χ1v) is 10.8. The average molecular weight is 475 g/mol. The largest absolute Gasteiger partial charge is 0.418 e. The van der Waals surface area contributed by atoms with Crippen LogP contribution in [0.4, 0.5) is 19.1 Å². The Labute approximate surface area is 191 Å². The molecule has 1 amide bonds. The molecule has 4 aromatic rings. The van der Waals surface area contributed by atoms with Gasteiger partial charge in [0.05, 0.1) is 11.1 Å². The number of anilines is 1. The molecule has 0 radical (unpaired) electrons. The number of fused-ring (bicyclic) bond motifs is 3. The van der Waals surface area contributed by atoms with Gasteiger partial charge in [0.25, 0.3) is 0 Å². The van der Waals surface area contributed by atoms with E-state index in [1.54, 1.807) is 24.3 Å². The van der Waals surface area contributed by atoms with E-state index in [1.165, 1.54) is 16.6 Å². The predicted molar refractivity (Wildman–Crippen MR) is 118 cm³/mol. The normalized spacial score (nSPS) is 17.2. The first-order chi connectivity index (χ1) is 15.8. The van der Waals surface area contributed by atoms with E-state index in [9.17, 15) is 18.0 Å². The highest BCUT2D eigenvalue weighted by molar-refractivity contribution is 6.30. The summed E-state index contributed by atoms with van der Waals surface area (Å²) < 4.78 is 42.6. The molecule has 0 aliphatic carbocycles. The van der Waals surface area contributed by atoms with Crippen LogP contribution in [0.3, 0.4) is 0 Å². The number of aromatic nitrogens is 4. The summed E-state index contributed by atoms with van der Waals surface area (Å²) in [6, 6.07) is 9.96. The highest BCUT2D eigenvalue weighted by Gasteiger charge is 2.34. The third-order valence-corrected chi connectivity index (χ3v) is 5.80. The second-order valence-corrected chi connectivity index (χ2v) is 8.23. The fourth-order valence-electron chi connectivity index (χ4n) is 3.91. The number of hydrogen-bond donors (Lipinski definition) is 2. The summed E-state index contributed by atoms with van der Waals surface area (Å²) in [6.45, 7) is 0.555. The lowest BCUT2D eigenvalue weighted by Crippen LogP contribution is -2.38. The van der Waals surface area contributed by atoms with Crippen molar-refractivity contribution in [2.24, 2.45) is 0 Å². The Hall–Kier alpha value is -3.40. The number of carbonyl (C=O) groups is 1. The summed E-state index contributed by atoms with van der Waals surface area (Å²) in [4.78, 5) is 21.3. The highest BCUT2D eigenvalue weighted by atomic mass is 35.5. The maximum absolute atomic E-state index is 13.8. The standard InChI is InChI=1S/C22H18ClF3N6O/c23-13-9-7-12(8-10-13)18-30-19-14-4-3-5-15(22(24,25)26)17(14)29-21(32(19)31-18)28-16-6-1-2-11-27-20(16)33/h3-5,7-10,16H,1-2,6,11H2,(H,27,33)(H,28,29)/t16-/m1/s1. The lowest BCUT2D eigenvalue weighted by molar-refractivity contribution is -0.136. The summed E-state index contributed by atoms with van der Waals surface area (Å²) in [5, 5.41) is 11.0. The van der Waals surface area contributed by atoms with E-state index in [1.807, 2.05) is 0 Å². The predicted octanol–water partition coefficient (Wildman–Crippen LogP) is 4.70. The van der Waals surface area contributed by atoms with Crippen LogP contribution in [0.5, 0.6) is 0 Å². The fourth-order valence-corrected chi connectivity index (χ4v) is 4.03. The summed E-state index contributed by atoms with van der Waals surface area (Å²) in [7, 11) is 0. The van der Waals surface area contributed by atoms with E-state index < -0.39 is 17.8 Å². The number of nitrogens with zero attached hydrogens (tertiary/aromatic N) is 4. The van der Waals surface area contributed by atoms with Gasteiger partial charge in [-0.05, 0) is 55.7 Å². The molecule has 33 heavy (non-hydrogen) atoms. The molecule has 170 valence electrons. The van der Waals surface area contributed by atoms with E-state index in [2.05, 4.69) is 25.7 Å². The second kappa shape index (κ2) is 8.18. The van der Waals surface area contributed by atoms with Crippen LogP contribution in [0.15, 0.2) is 42.5 Å². The number of nitrogens with one attached hydrogen (secondary N) is 2. The summed E-state index contributed by atoms with van der Waals surface area (Å²) in [6.07, 6.45) is -2.48. The van der Waals surface area contributed by atoms with Crippen molar-refractivity contribution in [2.45, 2.75) is 31.5 Å². The van der Waals surface area contributed by atoms with Gasteiger partial charge in [-0.3, -0.25) is 4.79 Å². The number of rotatable bonds is 3. The van der Waals surface area contributed by atoms with Crippen molar-refractivity contribution in [1.29, 1.82) is 0 Å². The topological polar surface area (TPSA) is 84.2 Å². The van der Waals surface area contributed by atoms with E-state index in [4.69, 9.17) is 11.6 Å². The molecule has 2 N–H and O–H groups in total. The van der Waals surface area contributed by atoms with Crippen LogP contribution >= 0.6 is 11.6 Å². The van der Waals surface area contributed by atoms with Crippen molar-refractivity contribution in [2.75, 3.05) is 11.9 Å². The molecule has 2 aromatic heterocycles. The summed E-state index contributed by atoms with van der Waals surface area (Å²) in [5.74, 6) is 0.0837. The van der Waals surface area contributed by atoms with Gasteiger partial charge in [-0.2, -0.15) is 17.7 Å². The Kier molecular flexibility index (Phi) is 5.32. The zero-order valence-electron chi connectivity index (χ0n) is 17.2. The van der Waals surface area contributed by atoms with Crippen LogP contribution in [0.1, 0.15) is 24.8 Å². The molecule has 0 spiro atoms. The molecular formula is C22H18ClF3N6O. The molecule has 2 aromatic carbocycles. The van der Waals surface area contributed by atoms with Crippen LogP contribution < -0.4 is 10.6 Å². The molecular weight excluding hydrogens is 457 g/mol. The van der Waals surface area contributed by atoms with Crippen molar-refractivity contribution in [3.8, 4) is 11.4 Å². The van der Waals surface area contributed by atoms with Gasteiger partial charge < -0.3 is 10.6 Å². The molecule has 5 rings (SSSR count). The Morgan fingerprint density at radius 1 is 1.09 bits per heavy atom. The van der Waals surface area contributed by atoms with Gasteiger partial charge in [0.2, 0.25) is 11.9 Å². The molecule has 1 fully saturated rings. The number of hydrogen-bond acceptors (Lipinski definition) is 5. The van der Waals surface area contributed by atoms with Crippen LogP contribution in [0, 0.1) is 0 Å². The van der Waals surface area contributed by atoms with E-state index in [0.29, 0.717) is 29.4 Å². The monoisotopic (exact) mass is 474 g/mol. The Balaban J connectivity index is 1.73. The first-order valence-electron chi connectivity index (χ1n) is 10.4. The maximum atomic E-state index is 13.8. The minimum absolute atomic E-state index is 0.0176. The Morgan fingerprint density at radius 2 is 1.88 bits per heavy atom. The number of alkyl halides is 3. The molecule has 0 bridgehead atoms. The molecule has 3 heterocycles. The lowest BCUT2D eigenvalue weighted by atomic mass is 10.1. The Morgan fingerprint density at radius 3 is 2.64 bits per heavy atom.